The van der Waals surface area contributed by atoms with Crippen LogP contribution in [0, 0.1) is 0 Å². The highest BCUT2D eigenvalue weighted by molar-refractivity contribution is 7.18. The molecule has 0 spiro atoms. The van der Waals surface area contributed by atoms with Crippen molar-refractivity contribution in [3.8, 4) is 11.5 Å². The number of hydrogen-bond donors (Lipinski definition) is 0. The maximum absolute atomic E-state index is 6.24. The molecule has 2 aromatic carbocycles. The molecule has 0 bridgehead atoms. The van der Waals surface area contributed by atoms with E-state index in [-0.39, 0.29) is 0 Å². The molecule has 7 heteroatoms. The Kier molecular flexibility index (Phi) is 4.39. The molecule has 1 aliphatic heterocycles. The van der Waals surface area contributed by atoms with Gasteiger partial charge in [0.25, 0.3) is 0 Å². The molecule has 1 aliphatic rings. The van der Waals surface area contributed by atoms with Gasteiger partial charge in [0.05, 0.1) is 33.4 Å². The van der Waals surface area contributed by atoms with Gasteiger partial charge >= 0.3 is 0 Å². The van der Waals surface area contributed by atoms with Gasteiger partial charge in [0.15, 0.2) is 0 Å². The van der Waals surface area contributed by atoms with Crippen molar-refractivity contribution in [3.63, 3.8) is 0 Å². The first-order chi connectivity index (χ1) is 13.3. The van der Waals surface area contributed by atoms with Gasteiger partial charge in [-0.1, -0.05) is 35.9 Å². The highest BCUT2D eigenvalue weighted by Crippen LogP contribution is 2.37. The van der Waals surface area contributed by atoms with Crippen molar-refractivity contribution in [1.29, 1.82) is 0 Å². The van der Waals surface area contributed by atoms with E-state index in [2.05, 4.69) is 33.3 Å². The molecule has 136 valence electrons. The number of halogens is 1. The predicted molar refractivity (Wildman–Crippen MR) is 107 cm³/mol. The van der Waals surface area contributed by atoms with Gasteiger partial charge in [0.2, 0.25) is 11.8 Å². The lowest BCUT2D eigenvalue weighted by Gasteiger charge is -2.20. The fourth-order valence-electron chi connectivity index (χ4n) is 3.56. The summed E-state index contributed by atoms with van der Waals surface area (Å²) in [5.74, 6) is 1.07. The lowest BCUT2D eigenvalue weighted by Crippen LogP contribution is -2.22. The summed E-state index contributed by atoms with van der Waals surface area (Å²) in [5, 5.41) is 10.2. The third kappa shape index (κ3) is 3.25. The molecule has 1 atom stereocenters. The Morgan fingerprint density at radius 2 is 1.96 bits per heavy atom. The second-order valence-electron chi connectivity index (χ2n) is 6.63. The van der Waals surface area contributed by atoms with E-state index in [4.69, 9.17) is 21.0 Å². The number of rotatable bonds is 4. The molecule has 1 saturated heterocycles. The van der Waals surface area contributed by atoms with E-state index in [1.807, 2.05) is 30.3 Å². The van der Waals surface area contributed by atoms with Gasteiger partial charge in [0, 0.05) is 0 Å². The second-order valence-corrected chi connectivity index (χ2v) is 8.10. The van der Waals surface area contributed by atoms with Gasteiger partial charge in [-0.25, -0.2) is 4.98 Å². The molecule has 0 saturated carbocycles. The molecule has 27 heavy (non-hydrogen) atoms. The summed E-state index contributed by atoms with van der Waals surface area (Å²) in [7, 11) is 0. The summed E-state index contributed by atoms with van der Waals surface area (Å²) < 4.78 is 7.12. The molecule has 5 rings (SSSR count). The molecule has 2 aromatic heterocycles. The van der Waals surface area contributed by atoms with Gasteiger partial charge in [-0.15, -0.1) is 21.5 Å². The monoisotopic (exact) mass is 396 g/mol. The molecule has 1 fully saturated rings. The van der Waals surface area contributed by atoms with E-state index in [0.29, 0.717) is 29.4 Å². The zero-order valence-electron chi connectivity index (χ0n) is 14.5. The summed E-state index contributed by atoms with van der Waals surface area (Å²) in [4.78, 5) is 7.22. The molecule has 1 unspecified atom stereocenters. The minimum atomic E-state index is 0.304. The molecule has 0 N–H and O–H groups in total. The van der Waals surface area contributed by atoms with Crippen molar-refractivity contribution >= 4 is 33.2 Å². The highest BCUT2D eigenvalue weighted by atomic mass is 35.5. The molecule has 0 amide bonds. The Balaban J connectivity index is 1.38. The third-order valence-corrected chi connectivity index (χ3v) is 6.34. The van der Waals surface area contributed by atoms with E-state index < -0.39 is 0 Å². The Morgan fingerprint density at radius 3 is 2.85 bits per heavy atom. The Hall–Kier alpha value is -2.28. The van der Waals surface area contributed by atoms with Crippen LogP contribution in [0.4, 0.5) is 0 Å². The molecule has 4 aromatic rings. The predicted octanol–water partition coefficient (Wildman–Crippen LogP) is 5.34. The van der Waals surface area contributed by atoms with Crippen molar-refractivity contribution in [2.45, 2.75) is 25.4 Å². The van der Waals surface area contributed by atoms with E-state index in [1.165, 1.54) is 9.71 Å². The average molecular weight is 397 g/mol. The quantitative estimate of drug-likeness (QED) is 0.466. The van der Waals surface area contributed by atoms with Crippen LogP contribution in [-0.4, -0.2) is 26.6 Å². The van der Waals surface area contributed by atoms with Crippen molar-refractivity contribution < 1.29 is 4.42 Å². The van der Waals surface area contributed by atoms with Gasteiger partial charge in [0.1, 0.15) is 5.01 Å². The Labute approximate surface area is 165 Å². The molecule has 0 radical (unpaired) electrons. The number of nitrogens with zero attached hydrogens (tertiary/aromatic N) is 4. The van der Waals surface area contributed by atoms with Gasteiger partial charge in [-0.05, 0) is 43.7 Å². The molecule has 0 aliphatic carbocycles. The number of fused-ring (bicyclic) bond motifs is 1. The second kappa shape index (κ2) is 7.03. The number of thiazole rings is 1. The van der Waals surface area contributed by atoms with Crippen LogP contribution in [0.25, 0.3) is 21.7 Å². The zero-order chi connectivity index (χ0) is 18.2. The van der Waals surface area contributed by atoms with Crippen molar-refractivity contribution in [3.05, 3.63) is 64.5 Å². The summed E-state index contributed by atoms with van der Waals surface area (Å²) in [5.41, 5.74) is 1.84. The van der Waals surface area contributed by atoms with E-state index >= 15 is 0 Å². The SMILES string of the molecule is Clc1ccccc1-c1nnc(CN2CCCC2c2nc3ccccc3s2)o1. The highest BCUT2D eigenvalue weighted by Gasteiger charge is 2.30. The van der Waals surface area contributed by atoms with E-state index in [9.17, 15) is 0 Å². The number of benzene rings is 2. The fraction of sp³-hybridized carbons (Fsp3) is 0.250. The normalized spacial score (nSPS) is 17.7. The van der Waals surface area contributed by atoms with Gasteiger partial charge < -0.3 is 4.42 Å². The van der Waals surface area contributed by atoms with Gasteiger partial charge in [-0.2, -0.15) is 0 Å². The Bertz CT molecular complexity index is 1060. The minimum absolute atomic E-state index is 0.304. The lowest BCUT2D eigenvalue weighted by molar-refractivity contribution is 0.224. The number of aromatic nitrogens is 3. The van der Waals surface area contributed by atoms with Crippen molar-refractivity contribution in [2.24, 2.45) is 0 Å². The van der Waals surface area contributed by atoms with Crippen LogP contribution in [0.1, 0.15) is 29.8 Å². The first-order valence-corrected chi connectivity index (χ1v) is 10.1. The van der Waals surface area contributed by atoms with Crippen LogP contribution in [0.5, 0.6) is 0 Å². The third-order valence-electron chi connectivity index (χ3n) is 4.87. The van der Waals surface area contributed by atoms with Crippen LogP contribution in [0.2, 0.25) is 5.02 Å². The van der Waals surface area contributed by atoms with Crippen LogP contribution < -0.4 is 0 Å². The first kappa shape index (κ1) is 16.9. The summed E-state index contributed by atoms with van der Waals surface area (Å²) in [6, 6.07) is 16.1. The number of likely N-dealkylation sites (tertiary alicyclic amines) is 1. The van der Waals surface area contributed by atoms with Gasteiger partial charge in [-0.3, -0.25) is 4.90 Å². The van der Waals surface area contributed by atoms with E-state index in [0.717, 1.165) is 30.5 Å². The summed E-state index contributed by atoms with van der Waals surface area (Å²) in [6.45, 7) is 1.63. The van der Waals surface area contributed by atoms with Crippen molar-refractivity contribution in [1.82, 2.24) is 20.1 Å². The van der Waals surface area contributed by atoms with Crippen LogP contribution in [-0.2, 0) is 6.54 Å². The molecule has 3 heterocycles. The molecular weight excluding hydrogens is 380 g/mol. The first-order valence-electron chi connectivity index (χ1n) is 8.95. The number of hydrogen-bond acceptors (Lipinski definition) is 6. The standard InChI is InChI=1S/C20H17ClN4OS/c21-14-7-2-1-6-13(14)19-24-23-18(26-19)12-25-11-5-9-16(25)20-22-15-8-3-4-10-17(15)27-20/h1-4,6-8,10,16H,5,9,11-12H2. The lowest BCUT2D eigenvalue weighted by atomic mass is 10.2. The zero-order valence-corrected chi connectivity index (χ0v) is 16.1. The maximum Gasteiger partial charge on any atom is 0.249 e. The average Bonchev–Trinajstić information content (AvgIpc) is 3.41. The molecular formula is C20H17ClN4OS. The fourth-order valence-corrected chi connectivity index (χ4v) is 4.92. The topological polar surface area (TPSA) is 55.1 Å². The number of para-hydroxylation sites is 1. The van der Waals surface area contributed by atoms with E-state index in [1.54, 1.807) is 11.3 Å². The molecule has 5 nitrogen and oxygen atoms in total. The Morgan fingerprint density at radius 1 is 1.11 bits per heavy atom. The van der Waals surface area contributed by atoms with Crippen LogP contribution >= 0.6 is 22.9 Å². The summed E-state index contributed by atoms with van der Waals surface area (Å²) in [6.07, 6.45) is 2.25. The maximum atomic E-state index is 6.24. The largest absolute Gasteiger partial charge is 0.419 e. The van der Waals surface area contributed by atoms with Crippen LogP contribution in [0.15, 0.2) is 52.9 Å². The van der Waals surface area contributed by atoms with Crippen molar-refractivity contribution in [2.75, 3.05) is 6.54 Å². The smallest absolute Gasteiger partial charge is 0.249 e. The van der Waals surface area contributed by atoms with Crippen LogP contribution in [0.3, 0.4) is 0 Å². The summed E-state index contributed by atoms with van der Waals surface area (Å²) >= 11 is 8.01. The minimum Gasteiger partial charge on any atom is -0.419 e.